The van der Waals surface area contributed by atoms with Crippen LogP contribution in [0, 0.1) is 0 Å². The third-order valence-corrected chi connectivity index (χ3v) is 6.41. The van der Waals surface area contributed by atoms with Gasteiger partial charge in [-0.05, 0) is 31.0 Å². The highest BCUT2D eigenvalue weighted by Gasteiger charge is 2.34. The molecule has 0 aromatic heterocycles. The molecule has 1 unspecified atom stereocenters. The molecule has 0 aliphatic carbocycles. The molecule has 3 rings (SSSR count). The molecule has 1 saturated heterocycles. The van der Waals surface area contributed by atoms with Crippen LogP contribution in [0.5, 0.6) is 0 Å². The smallest absolute Gasteiger partial charge is 0.241 e. The summed E-state index contributed by atoms with van der Waals surface area (Å²) in [5.74, 6) is 0.496. The van der Waals surface area contributed by atoms with Crippen molar-refractivity contribution in [2.24, 2.45) is 0 Å². The van der Waals surface area contributed by atoms with Gasteiger partial charge in [0.2, 0.25) is 5.91 Å². The molecule has 6 heteroatoms. The van der Waals surface area contributed by atoms with Crippen molar-refractivity contribution in [1.82, 2.24) is 4.90 Å². The fourth-order valence-electron chi connectivity index (χ4n) is 3.42. The molecule has 1 atom stereocenters. The van der Waals surface area contributed by atoms with Gasteiger partial charge in [-0.15, -0.1) is 0 Å². The Morgan fingerprint density at radius 1 is 1.36 bits per heavy atom. The molecule has 0 spiro atoms. The van der Waals surface area contributed by atoms with Crippen LogP contribution in [0.3, 0.4) is 0 Å². The lowest BCUT2D eigenvalue weighted by molar-refractivity contribution is -0.120. The third kappa shape index (κ3) is 3.03. The minimum atomic E-state index is -2.92. The molecule has 0 N–H and O–H groups in total. The van der Waals surface area contributed by atoms with E-state index in [0.29, 0.717) is 19.5 Å². The van der Waals surface area contributed by atoms with Crippen molar-refractivity contribution in [3.05, 3.63) is 29.8 Å². The first-order valence-corrected chi connectivity index (χ1v) is 9.65. The van der Waals surface area contributed by atoms with E-state index in [2.05, 4.69) is 6.07 Å². The number of anilines is 1. The summed E-state index contributed by atoms with van der Waals surface area (Å²) in [6.45, 7) is 3.70. The average molecular weight is 322 g/mol. The Bertz CT molecular complexity index is 672. The molecule has 0 saturated carbocycles. The average Bonchev–Trinajstić information content (AvgIpc) is 3.07. The number of para-hydroxylation sites is 1. The summed E-state index contributed by atoms with van der Waals surface area (Å²) in [6, 6.07) is 7.97. The van der Waals surface area contributed by atoms with Crippen molar-refractivity contribution >= 4 is 21.4 Å². The minimum absolute atomic E-state index is 0.0169. The Morgan fingerprint density at radius 2 is 2.14 bits per heavy atom. The van der Waals surface area contributed by atoms with E-state index < -0.39 is 9.84 Å². The maximum absolute atomic E-state index is 12.6. The normalized spacial score (nSPS) is 23.0. The summed E-state index contributed by atoms with van der Waals surface area (Å²) in [5.41, 5.74) is 2.21. The Hall–Kier alpha value is -1.40. The van der Waals surface area contributed by atoms with Crippen molar-refractivity contribution in [3.8, 4) is 0 Å². The summed E-state index contributed by atoms with van der Waals surface area (Å²) in [6.07, 6.45) is 1.53. The van der Waals surface area contributed by atoms with Crippen LogP contribution < -0.4 is 4.90 Å². The molecule has 1 aromatic rings. The number of hydrogen-bond donors (Lipinski definition) is 0. The van der Waals surface area contributed by atoms with E-state index in [1.165, 1.54) is 5.56 Å². The van der Waals surface area contributed by atoms with Crippen LogP contribution >= 0.6 is 0 Å². The monoisotopic (exact) mass is 322 g/mol. The van der Waals surface area contributed by atoms with Gasteiger partial charge in [-0.1, -0.05) is 25.1 Å². The van der Waals surface area contributed by atoms with Gasteiger partial charge in [0.25, 0.3) is 0 Å². The largest absolute Gasteiger partial charge is 0.311 e. The molecular weight excluding hydrogens is 300 g/mol. The lowest BCUT2D eigenvalue weighted by Gasteiger charge is -2.28. The molecule has 5 nitrogen and oxygen atoms in total. The second-order valence-electron chi connectivity index (χ2n) is 6.04. The zero-order valence-corrected chi connectivity index (χ0v) is 13.7. The van der Waals surface area contributed by atoms with Gasteiger partial charge in [0, 0.05) is 18.3 Å². The standard InChI is InChI=1S/C16H22N2O3S/c1-2-17(14-8-10-22(20,21)12-14)11-16(19)18-9-7-13-5-3-4-6-15(13)18/h3-6,14H,2,7-12H2,1H3. The van der Waals surface area contributed by atoms with Gasteiger partial charge in [0.05, 0.1) is 18.1 Å². The van der Waals surface area contributed by atoms with Crippen molar-refractivity contribution in [2.75, 3.05) is 36.0 Å². The predicted octanol–water partition coefficient (Wildman–Crippen LogP) is 1.08. The summed E-state index contributed by atoms with van der Waals surface area (Å²) in [5, 5.41) is 0. The first kappa shape index (κ1) is 15.5. The molecular formula is C16H22N2O3S. The van der Waals surface area contributed by atoms with E-state index in [1.807, 2.05) is 34.9 Å². The van der Waals surface area contributed by atoms with E-state index in [0.717, 1.165) is 18.7 Å². The second kappa shape index (κ2) is 6.01. The van der Waals surface area contributed by atoms with Crippen LogP contribution in [0.4, 0.5) is 5.69 Å². The van der Waals surface area contributed by atoms with E-state index in [1.54, 1.807) is 0 Å². The summed E-state index contributed by atoms with van der Waals surface area (Å²) >= 11 is 0. The molecule has 1 amide bonds. The number of carbonyl (C=O) groups excluding carboxylic acids is 1. The van der Waals surface area contributed by atoms with E-state index in [-0.39, 0.29) is 23.5 Å². The quantitative estimate of drug-likeness (QED) is 0.832. The lowest BCUT2D eigenvalue weighted by atomic mass is 10.2. The Labute approximate surface area is 131 Å². The van der Waals surface area contributed by atoms with Crippen molar-refractivity contribution < 1.29 is 13.2 Å². The van der Waals surface area contributed by atoms with Crippen molar-refractivity contribution in [2.45, 2.75) is 25.8 Å². The second-order valence-corrected chi connectivity index (χ2v) is 8.27. The number of amides is 1. The molecule has 1 aromatic carbocycles. The maximum atomic E-state index is 12.6. The molecule has 2 heterocycles. The van der Waals surface area contributed by atoms with Gasteiger partial charge >= 0.3 is 0 Å². The Kier molecular flexibility index (Phi) is 4.23. The number of carbonyl (C=O) groups is 1. The molecule has 120 valence electrons. The molecule has 0 radical (unpaired) electrons. The SMILES string of the molecule is CCN(CC(=O)N1CCc2ccccc21)C1CCS(=O)(=O)C1. The van der Waals surface area contributed by atoms with Crippen LogP contribution in [-0.2, 0) is 21.1 Å². The number of likely N-dealkylation sites (N-methyl/N-ethyl adjacent to an activating group) is 1. The molecule has 2 aliphatic rings. The molecule has 2 aliphatic heterocycles. The van der Waals surface area contributed by atoms with Crippen LogP contribution in [0.2, 0.25) is 0 Å². The van der Waals surface area contributed by atoms with E-state index in [9.17, 15) is 13.2 Å². The zero-order valence-electron chi connectivity index (χ0n) is 12.9. The van der Waals surface area contributed by atoms with Crippen molar-refractivity contribution in [3.63, 3.8) is 0 Å². The third-order valence-electron chi connectivity index (χ3n) is 4.66. The van der Waals surface area contributed by atoms with Crippen LogP contribution in [-0.4, -0.2) is 56.4 Å². The number of hydrogen-bond acceptors (Lipinski definition) is 4. The van der Waals surface area contributed by atoms with Crippen molar-refractivity contribution in [1.29, 1.82) is 0 Å². The number of sulfone groups is 1. The molecule has 1 fully saturated rings. The number of nitrogens with zero attached hydrogens (tertiary/aromatic N) is 2. The summed E-state index contributed by atoms with van der Waals surface area (Å²) in [7, 11) is -2.92. The topological polar surface area (TPSA) is 57.7 Å². The van der Waals surface area contributed by atoms with Gasteiger partial charge in [-0.3, -0.25) is 9.69 Å². The van der Waals surface area contributed by atoms with Gasteiger partial charge in [-0.25, -0.2) is 8.42 Å². The number of benzene rings is 1. The number of fused-ring (bicyclic) bond motifs is 1. The molecule has 22 heavy (non-hydrogen) atoms. The van der Waals surface area contributed by atoms with Gasteiger partial charge in [0.15, 0.2) is 9.84 Å². The zero-order chi connectivity index (χ0) is 15.7. The first-order valence-electron chi connectivity index (χ1n) is 7.83. The predicted molar refractivity (Wildman–Crippen MR) is 86.8 cm³/mol. The van der Waals surface area contributed by atoms with Gasteiger partial charge in [0.1, 0.15) is 0 Å². The first-order chi connectivity index (χ1) is 10.5. The molecule has 0 bridgehead atoms. The van der Waals surface area contributed by atoms with Crippen LogP contribution in [0.1, 0.15) is 18.9 Å². The highest BCUT2D eigenvalue weighted by atomic mass is 32.2. The Morgan fingerprint density at radius 3 is 2.82 bits per heavy atom. The Balaban J connectivity index is 1.69. The van der Waals surface area contributed by atoms with E-state index >= 15 is 0 Å². The van der Waals surface area contributed by atoms with Gasteiger partial charge < -0.3 is 4.90 Å². The lowest BCUT2D eigenvalue weighted by Crippen LogP contribution is -2.44. The number of rotatable bonds is 4. The maximum Gasteiger partial charge on any atom is 0.241 e. The summed E-state index contributed by atoms with van der Waals surface area (Å²) in [4.78, 5) is 16.5. The van der Waals surface area contributed by atoms with E-state index in [4.69, 9.17) is 0 Å². The fraction of sp³-hybridized carbons (Fsp3) is 0.562. The van der Waals surface area contributed by atoms with Crippen LogP contribution in [0.15, 0.2) is 24.3 Å². The minimum Gasteiger partial charge on any atom is -0.311 e. The van der Waals surface area contributed by atoms with Gasteiger partial charge in [-0.2, -0.15) is 0 Å². The highest BCUT2D eigenvalue weighted by Crippen LogP contribution is 2.28. The summed E-state index contributed by atoms with van der Waals surface area (Å²) < 4.78 is 23.3. The fourth-order valence-corrected chi connectivity index (χ4v) is 5.18. The highest BCUT2D eigenvalue weighted by molar-refractivity contribution is 7.91. The van der Waals surface area contributed by atoms with Crippen LogP contribution in [0.25, 0.3) is 0 Å².